The van der Waals surface area contributed by atoms with Gasteiger partial charge in [0.15, 0.2) is 0 Å². The van der Waals surface area contributed by atoms with Crippen molar-refractivity contribution in [1.29, 1.82) is 0 Å². The van der Waals surface area contributed by atoms with Gasteiger partial charge in [0, 0.05) is 25.1 Å². The SMILES string of the molecule is C=CCCCCCSc1ccc(CNCCOC)cc1. The first kappa shape index (κ1) is 17.3. The van der Waals surface area contributed by atoms with Gasteiger partial charge in [-0.05, 0) is 42.7 Å². The molecule has 0 fully saturated rings. The molecule has 0 bridgehead atoms. The van der Waals surface area contributed by atoms with E-state index < -0.39 is 0 Å². The largest absolute Gasteiger partial charge is 0.383 e. The van der Waals surface area contributed by atoms with Crippen LogP contribution in [0.2, 0.25) is 0 Å². The van der Waals surface area contributed by atoms with Crippen LogP contribution in [0, 0.1) is 0 Å². The number of allylic oxidation sites excluding steroid dienone is 1. The zero-order valence-corrected chi connectivity index (χ0v) is 13.4. The lowest BCUT2D eigenvalue weighted by atomic mass is 10.2. The van der Waals surface area contributed by atoms with E-state index in [0.717, 1.165) is 26.1 Å². The Hall–Kier alpha value is -0.770. The Labute approximate surface area is 128 Å². The van der Waals surface area contributed by atoms with E-state index in [-0.39, 0.29) is 0 Å². The maximum atomic E-state index is 5.01. The fourth-order valence-corrected chi connectivity index (χ4v) is 2.78. The summed E-state index contributed by atoms with van der Waals surface area (Å²) in [6, 6.07) is 8.86. The summed E-state index contributed by atoms with van der Waals surface area (Å²) >= 11 is 1.95. The molecule has 2 nitrogen and oxygen atoms in total. The minimum absolute atomic E-state index is 0.764. The third kappa shape index (κ3) is 8.41. The molecule has 0 radical (unpaired) electrons. The molecule has 0 aliphatic heterocycles. The lowest BCUT2D eigenvalue weighted by molar-refractivity contribution is 0.199. The van der Waals surface area contributed by atoms with Gasteiger partial charge < -0.3 is 10.1 Å². The van der Waals surface area contributed by atoms with Gasteiger partial charge in [-0.1, -0.05) is 24.6 Å². The monoisotopic (exact) mass is 293 g/mol. The summed E-state index contributed by atoms with van der Waals surface area (Å²) in [6.07, 6.45) is 7.03. The molecule has 112 valence electrons. The molecule has 0 heterocycles. The molecule has 1 aromatic carbocycles. The van der Waals surface area contributed by atoms with E-state index in [1.54, 1.807) is 7.11 Å². The third-order valence-electron chi connectivity index (χ3n) is 3.06. The smallest absolute Gasteiger partial charge is 0.0587 e. The van der Waals surface area contributed by atoms with Gasteiger partial charge in [-0.2, -0.15) is 0 Å². The Morgan fingerprint density at radius 1 is 1.20 bits per heavy atom. The Balaban J connectivity index is 2.13. The number of rotatable bonds is 12. The average molecular weight is 293 g/mol. The Bertz CT molecular complexity index is 351. The quantitative estimate of drug-likeness (QED) is 0.353. The number of hydrogen-bond donors (Lipinski definition) is 1. The van der Waals surface area contributed by atoms with Crippen molar-refractivity contribution in [2.75, 3.05) is 26.0 Å². The molecule has 1 N–H and O–H groups in total. The molecular weight excluding hydrogens is 266 g/mol. The zero-order chi connectivity index (χ0) is 14.5. The number of unbranched alkanes of at least 4 members (excludes halogenated alkanes) is 3. The Kier molecular flexibility index (Phi) is 10.4. The highest BCUT2D eigenvalue weighted by Gasteiger charge is 1.96. The molecule has 0 aliphatic rings. The van der Waals surface area contributed by atoms with E-state index in [0.29, 0.717) is 0 Å². The van der Waals surface area contributed by atoms with Crippen LogP contribution in [0.3, 0.4) is 0 Å². The van der Waals surface area contributed by atoms with Crippen molar-refractivity contribution in [3.63, 3.8) is 0 Å². The maximum Gasteiger partial charge on any atom is 0.0587 e. The summed E-state index contributed by atoms with van der Waals surface area (Å²) in [7, 11) is 1.73. The van der Waals surface area contributed by atoms with Crippen LogP contribution in [0.25, 0.3) is 0 Å². The van der Waals surface area contributed by atoms with Gasteiger partial charge in [0.05, 0.1) is 6.61 Å². The highest BCUT2D eigenvalue weighted by molar-refractivity contribution is 7.99. The van der Waals surface area contributed by atoms with E-state index >= 15 is 0 Å². The van der Waals surface area contributed by atoms with E-state index in [1.165, 1.54) is 35.5 Å². The van der Waals surface area contributed by atoms with Gasteiger partial charge in [0.2, 0.25) is 0 Å². The van der Waals surface area contributed by atoms with Crippen LogP contribution < -0.4 is 5.32 Å². The molecule has 0 atom stereocenters. The topological polar surface area (TPSA) is 21.3 Å². The van der Waals surface area contributed by atoms with Crippen LogP contribution in [-0.4, -0.2) is 26.0 Å². The van der Waals surface area contributed by atoms with E-state index in [2.05, 4.69) is 36.2 Å². The standard InChI is InChI=1S/C17H27NOS/c1-3-4-5-6-7-14-20-17-10-8-16(9-11-17)15-18-12-13-19-2/h3,8-11,18H,1,4-7,12-15H2,2H3. The molecule has 0 spiro atoms. The summed E-state index contributed by atoms with van der Waals surface area (Å²) < 4.78 is 5.01. The number of nitrogens with one attached hydrogen (secondary N) is 1. The van der Waals surface area contributed by atoms with E-state index in [9.17, 15) is 0 Å². The van der Waals surface area contributed by atoms with Crippen molar-refractivity contribution < 1.29 is 4.74 Å². The zero-order valence-electron chi connectivity index (χ0n) is 12.6. The molecule has 0 unspecified atom stereocenters. The first-order chi connectivity index (χ1) is 9.86. The fraction of sp³-hybridized carbons (Fsp3) is 0.529. The van der Waals surface area contributed by atoms with Crippen LogP contribution in [0.1, 0.15) is 31.2 Å². The Morgan fingerprint density at radius 3 is 2.70 bits per heavy atom. The summed E-state index contributed by atoms with van der Waals surface area (Å²) in [5.74, 6) is 1.21. The maximum absolute atomic E-state index is 5.01. The van der Waals surface area contributed by atoms with E-state index in [4.69, 9.17) is 4.74 Å². The van der Waals surface area contributed by atoms with Crippen molar-refractivity contribution >= 4 is 11.8 Å². The average Bonchev–Trinajstić information content (AvgIpc) is 2.49. The fourth-order valence-electron chi connectivity index (χ4n) is 1.87. The first-order valence-corrected chi connectivity index (χ1v) is 8.37. The predicted octanol–water partition coefficient (Wildman–Crippen LogP) is 4.26. The van der Waals surface area contributed by atoms with Crippen LogP contribution in [0.5, 0.6) is 0 Å². The molecule has 3 heteroatoms. The van der Waals surface area contributed by atoms with Gasteiger partial charge in [0.25, 0.3) is 0 Å². The third-order valence-corrected chi connectivity index (χ3v) is 4.16. The van der Waals surface area contributed by atoms with Crippen molar-refractivity contribution in [2.45, 2.75) is 37.1 Å². The highest BCUT2D eigenvalue weighted by Crippen LogP contribution is 2.20. The second-order valence-electron chi connectivity index (χ2n) is 4.80. The molecule has 1 aromatic rings. The second-order valence-corrected chi connectivity index (χ2v) is 5.97. The number of methoxy groups -OCH3 is 1. The van der Waals surface area contributed by atoms with Crippen LogP contribution in [0.4, 0.5) is 0 Å². The number of hydrogen-bond acceptors (Lipinski definition) is 3. The minimum Gasteiger partial charge on any atom is -0.383 e. The van der Waals surface area contributed by atoms with Gasteiger partial charge >= 0.3 is 0 Å². The molecule has 20 heavy (non-hydrogen) atoms. The van der Waals surface area contributed by atoms with Crippen LogP contribution in [0.15, 0.2) is 41.8 Å². The number of thioether (sulfide) groups is 1. The number of ether oxygens (including phenoxy) is 1. The predicted molar refractivity (Wildman–Crippen MR) is 89.4 cm³/mol. The molecule has 0 aliphatic carbocycles. The van der Waals surface area contributed by atoms with Crippen LogP contribution >= 0.6 is 11.8 Å². The van der Waals surface area contributed by atoms with Gasteiger partial charge in [0.1, 0.15) is 0 Å². The molecule has 0 saturated heterocycles. The molecule has 1 rings (SSSR count). The lowest BCUT2D eigenvalue weighted by Crippen LogP contribution is -2.18. The summed E-state index contributed by atoms with van der Waals surface area (Å²) in [5.41, 5.74) is 1.33. The van der Waals surface area contributed by atoms with Gasteiger partial charge in [-0.3, -0.25) is 0 Å². The van der Waals surface area contributed by atoms with Crippen LogP contribution in [-0.2, 0) is 11.3 Å². The highest BCUT2D eigenvalue weighted by atomic mass is 32.2. The normalized spacial score (nSPS) is 10.7. The lowest BCUT2D eigenvalue weighted by Gasteiger charge is -2.06. The van der Waals surface area contributed by atoms with Gasteiger partial charge in [-0.25, -0.2) is 0 Å². The second kappa shape index (κ2) is 12.0. The molecular formula is C17H27NOS. The molecule has 0 saturated carbocycles. The van der Waals surface area contributed by atoms with Crippen molar-refractivity contribution in [2.24, 2.45) is 0 Å². The summed E-state index contributed by atoms with van der Waals surface area (Å²) in [5, 5.41) is 3.35. The first-order valence-electron chi connectivity index (χ1n) is 7.39. The van der Waals surface area contributed by atoms with Gasteiger partial charge in [-0.15, -0.1) is 18.3 Å². The minimum atomic E-state index is 0.764. The molecule has 0 aromatic heterocycles. The Morgan fingerprint density at radius 2 is 2.00 bits per heavy atom. The van der Waals surface area contributed by atoms with Crippen molar-refractivity contribution in [1.82, 2.24) is 5.32 Å². The van der Waals surface area contributed by atoms with Crippen molar-refractivity contribution in [3.8, 4) is 0 Å². The summed E-state index contributed by atoms with van der Waals surface area (Å²) in [4.78, 5) is 1.37. The molecule has 0 amide bonds. The summed E-state index contributed by atoms with van der Waals surface area (Å²) in [6.45, 7) is 6.33. The van der Waals surface area contributed by atoms with Crippen molar-refractivity contribution in [3.05, 3.63) is 42.5 Å². The number of benzene rings is 1. The van der Waals surface area contributed by atoms with E-state index in [1.807, 2.05) is 17.8 Å².